The van der Waals surface area contributed by atoms with Crippen molar-refractivity contribution in [3.8, 4) is 0 Å². The summed E-state index contributed by atoms with van der Waals surface area (Å²) in [6, 6.07) is 17.2. The lowest BCUT2D eigenvalue weighted by molar-refractivity contribution is 0.713. The molecule has 4 aromatic rings. The molecule has 0 radical (unpaired) electrons. The van der Waals surface area contributed by atoms with E-state index in [0.717, 1.165) is 40.8 Å². The maximum absolute atomic E-state index is 5.01. The second-order valence-corrected chi connectivity index (χ2v) is 9.30. The Hall–Kier alpha value is -2.81. The maximum Gasteiger partial charge on any atom is 0.0890 e. The molecule has 0 fully saturated rings. The van der Waals surface area contributed by atoms with Gasteiger partial charge in [0.1, 0.15) is 0 Å². The van der Waals surface area contributed by atoms with Crippen LogP contribution in [0.1, 0.15) is 87.5 Å². The zero-order chi connectivity index (χ0) is 22.1. The smallest absolute Gasteiger partial charge is 0.0890 e. The minimum absolute atomic E-state index is 0.303. The summed E-state index contributed by atoms with van der Waals surface area (Å²) in [5.74, 6) is 1.20. The highest BCUT2D eigenvalue weighted by molar-refractivity contribution is 5.80. The van der Waals surface area contributed by atoms with Gasteiger partial charge in [-0.2, -0.15) is 0 Å². The average Bonchev–Trinajstić information content (AvgIpc) is 2.76. The van der Waals surface area contributed by atoms with E-state index in [1.54, 1.807) is 0 Å². The summed E-state index contributed by atoms with van der Waals surface area (Å²) in [5, 5.41) is 1.23. The molecular formula is C28H33N3. The van der Waals surface area contributed by atoms with Crippen LogP contribution in [0.5, 0.6) is 0 Å². The van der Waals surface area contributed by atoms with Crippen molar-refractivity contribution in [2.45, 2.75) is 72.1 Å². The van der Waals surface area contributed by atoms with E-state index in [0.29, 0.717) is 17.8 Å². The lowest BCUT2D eigenvalue weighted by Gasteiger charge is -2.18. The van der Waals surface area contributed by atoms with Crippen molar-refractivity contribution in [1.82, 2.24) is 15.0 Å². The maximum atomic E-state index is 5.01. The van der Waals surface area contributed by atoms with Crippen LogP contribution in [0.4, 0.5) is 0 Å². The summed E-state index contributed by atoms with van der Waals surface area (Å²) in [6.45, 7) is 13.4. The monoisotopic (exact) mass is 411 g/mol. The molecule has 0 aliphatic heterocycles. The summed E-state index contributed by atoms with van der Waals surface area (Å²) in [7, 11) is 0. The Morgan fingerprint density at radius 3 is 2.03 bits per heavy atom. The number of hydrogen-bond donors (Lipinski definition) is 0. The molecule has 0 aliphatic rings. The average molecular weight is 412 g/mol. The lowest BCUT2D eigenvalue weighted by atomic mass is 9.92. The third-order valence-corrected chi connectivity index (χ3v) is 6.13. The molecule has 160 valence electrons. The van der Waals surface area contributed by atoms with Gasteiger partial charge in [0.05, 0.1) is 27.9 Å². The minimum Gasteiger partial charge on any atom is -0.252 e. The molecule has 1 unspecified atom stereocenters. The topological polar surface area (TPSA) is 38.7 Å². The third kappa shape index (κ3) is 4.32. The fourth-order valence-corrected chi connectivity index (χ4v) is 4.46. The molecule has 0 amide bonds. The van der Waals surface area contributed by atoms with Crippen LogP contribution in [-0.2, 0) is 12.8 Å². The predicted molar refractivity (Wildman–Crippen MR) is 131 cm³/mol. The first-order valence-electron chi connectivity index (χ1n) is 11.6. The summed E-state index contributed by atoms with van der Waals surface area (Å²) in [4.78, 5) is 14.9. The molecule has 31 heavy (non-hydrogen) atoms. The van der Waals surface area contributed by atoms with E-state index in [4.69, 9.17) is 15.0 Å². The van der Waals surface area contributed by atoms with Crippen LogP contribution < -0.4 is 0 Å². The Labute approximate surface area is 186 Å². The number of aryl methyl sites for hydroxylation is 1. The highest BCUT2D eigenvalue weighted by Gasteiger charge is 2.17. The molecule has 2 aromatic heterocycles. The summed E-state index contributed by atoms with van der Waals surface area (Å²) < 4.78 is 0. The Balaban J connectivity index is 1.69. The standard InChI is InChI=1S/C28H33N3/c1-7-23-28(31-26-11-9-8-10-25(26)29-23)19(6)14-20-12-13-24-21(15-20)16-22(17(2)3)27(30-24)18(4)5/h8-13,15-19H,7,14H2,1-6H3. The van der Waals surface area contributed by atoms with Gasteiger partial charge in [0.15, 0.2) is 0 Å². The molecule has 0 N–H and O–H groups in total. The normalized spacial score (nSPS) is 12.9. The van der Waals surface area contributed by atoms with E-state index in [-0.39, 0.29) is 0 Å². The van der Waals surface area contributed by atoms with Crippen LogP contribution in [0.15, 0.2) is 48.5 Å². The summed E-state index contributed by atoms with van der Waals surface area (Å²) in [5.41, 5.74) is 9.19. The highest BCUT2D eigenvalue weighted by Crippen LogP contribution is 2.30. The second-order valence-electron chi connectivity index (χ2n) is 9.30. The molecule has 4 rings (SSSR count). The van der Waals surface area contributed by atoms with Crippen molar-refractivity contribution in [3.05, 3.63) is 76.7 Å². The number of aromatic nitrogens is 3. The van der Waals surface area contributed by atoms with Crippen molar-refractivity contribution >= 4 is 21.9 Å². The van der Waals surface area contributed by atoms with Gasteiger partial charge in [-0.15, -0.1) is 0 Å². The lowest BCUT2D eigenvalue weighted by Crippen LogP contribution is -2.08. The molecule has 0 spiro atoms. The molecule has 1 atom stereocenters. The van der Waals surface area contributed by atoms with Gasteiger partial charge in [-0.1, -0.05) is 59.7 Å². The minimum atomic E-state index is 0.303. The van der Waals surface area contributed by atoms with Gasteiger partial charge < -0.3 is 0 Å². The fourth-order valence-electron chi connectivity index (χ4n) is 4.46. The van der Waals surface area contributed by atoms with Gasteiger partial charge in [-0.25, -0.2) is 9.97 Å². The van der Waals surface area contributed by atoms with E-state index < -0.39 is 0 Å². The number of nitrogens with zero attached hydrogens (tertiary/aromatic N) is 3. The number of fused-ring (bicyclic) bond motifs is 2. The number of hydrogen-bond acceptors (Lipinski definition) is 3. The van der Waals surface area contributed by atoms with Crippen molar-refractivity contribution < 1.29 is 0 Å². The van der Waals surface area contributed by atoms with Gasteiger partial charge in [0, 0.05) is 17.0 Å². The van der Waals surface area contributed by atoms with E-state index in [1.165, 1.54) is 22.2 Å². The van der Waals surface area contributed by atoms with Crippen molar-refractivity contribution in [2.24, 2.45) is 0 Å². The largest absolute Gasteiger partial charge is 0.252 e. The molecular weight excluding hydrogens is 378 g/mol. The Kier molecular flexibility index (Phi) is 6.04. The fraction of sp³-hybridized carbons (Fsp3) is 0.393. The van der Waals surface area contributed by atoms with Crippen LogP contribution in [0.2, 0.25) is 0 Å². The van der Waals surface area contributed by atoms with Crippen molar-refractivity contribution in [2.75, 3.05) is 0 Å². The summed E-state index contributed by atoms with van der Waals surface area (Å²) in [6.07, 6.45) is 1.84. The second kappa shape index (κ2) is 8.74. The molecule has 2 aromatic carbocycles. The summed E-state index contributed by atoms with van der Waals surface area (Å²) >= 11 is 0. The molecule has 0 bridgehead atoms. The van der Waals surface area contributed by atoms with E-state index in [2.05, 4.69) is 71.9 Å². The first-order valence-corrected chi connectivity index (χ1v) is 11.6. The Morgan fingerprint density at radius 1 is 0.710 bits per heavy atom. The van der Waals surface area contributed by atoms with Crippen LogP contribution in [0, 0.1) is 0 Å². The van der Waals surface area contributed by atoms with E-state index in [1.807, 2.05) is 18.2 Å². The number of rotatable bonds is 6. The van der Waals surface area contributed by atoms with Gasteiger partial charge in [0.2, 0.25) is 0 Å². The third-order valence-electron chi connectivity index (χ3n) is 6.13. The van der Waals surface area contributed by atoms with E-state index in [9.17, 15) is 0 Å². The van der Waals surface area contributed by atoms with Crippen molar-refractivity contribution in [1.29, 1.82) is 0 Å². The Bertz CT molecular complexity index is 1220. The Morgan fingerprint density at radius 2 is 1.39 bits per heavy atom. The van der Waals surface area contributed by atoms with Gasteiger partial charge in [-0.3, -0.25) is 4.98 Å². The molecule has 0 aliphatic carbocycles. The quantitative estimate of drug-likeness (QED) is 0.333. The number of para-hydroxylation sites is 2. The molecule has 0 saturated carbocycles. The molecule has 0 saturated heterocycles. The number of benzene rings is 2. The van der Waals surface area contributed by atoms with Crippen LogP contribution in [0.25, 0.3) is 21.9 Å². The van der Waals surface area contributed by atoms with Crippen LogP contribution in [-0.4, -0.2) is 15.0 Å². The van der Waals surface area contributed by atoms with Crippen LogP contribution in [0.3, 0.4) is 0 Å². The van der Waals surface area contributed by atoms with Crippen molar-refractivity contribution in [3.63, 3.8) is 0 Å². The van der Waals surface area contributed by atoms with Gasteiger partial charge in [-0.05, 0) is 66.1 Å². The number of pyridine rings is 1. The first-order chi connectivity index (χ1) is 14.9. The predicted octanol–water partition coefficient (Wildman–Crippen LogP) is 7.33. The zero-order valence-corrected chi connectivity index (χ0v) is 19.6. The van der Waals surface area contributed by atoms with Crippen LogP contribution >= 0.6 is 0 Å². The van der Waals surface area contributed by atoms with Gasteiger partial charge >= 0.3 is 0 Å². The highest BCUT2D eigenvalue weighted by atomic mass is 14.8. The van der Waals surface area contributed by atoms with Gasteiger partial charge in [0.25, 0.3) is 0 Å². The molecule has 3 nitrogen and oxygen atoms in total. The first kappa shape index (κ1) is 21.4. The SMILES string of the molecule is CCc1nc2ccccc2nc1C(C)Cc1ccc2nc(C(C)C)c(C(C)C)cc2c1. The van der Waals surface area contributed by atoms with E-state index >= 15 is 0 Å². The zero-order valence-electron chi connectivity index (χ0n) is 19.6. The molecule has 2 heterocycles. The molecule has 3 heteroatoms.